The Morgan fingerprint density at radius 2 is 1.82 bits per heavy atom. The number of hydrogen-bond donors (Lipinski definition) is 0. The van der Waals surface area contributed by atoms with Gasteiger partial charge in [-0.2, -0.15) is 0 Å². The van der Waals surface area contributed by atoms with Crippen molar-refractivity contribution in [3.63, 3.8) is 0 Å². The van der Waals surface area contributed by atoms with Gasteiger partial charge in [0.15, 0.2) is 5.78 Å². The number of rotatable bonds is 5. The summed E-state index contributed by atoms with van der Waals surface area (Å²) in [6, 6.07) is 7.52. The van der Waals surface area contributed by atoms with E-state index in [0.717, 1.165) is 16.7 Å². The molecule has 1 rings (SSSR count). The maximum absolute atomic E-state index is 11.2. The molecule has 0 aliphatic heterocycles. The van der Waals surface area contributed by atoms with Crippen LogP contribution in [-0.4, -0.2) is 19.0 Å². The van der Waals surface area contributed by atoms with Crippen LogP contribution in [-0.2, 0) is 4.74 Å². The van der Waals surface area contributed by atoms with E-state index in [1.165, 1.54) is 0 Å². The minimum absolute atomic E-state index is 0.00354. The molecule has 17 heavy (non-hydrogen) atoms. The SMILES string of the molecule is C=C/C=C(/c1ccc(C(C)=O)cc1)C(C)OC. The monoisotopic (exact) mass is 230 g/mol. The average molecular weight is 230 g/mol. The Labute approximate surface area is 103 Å². The normalized spacial score (nSPS) is 13.2. The molecule has 1 unspecified atom stereocenters. The average Bonchev–Trinajstić information content (AvgIpc) is 2.35. The molecule has 1 aromatic carbocycles. The fourth-order valence-electron chi connectivity index (χ4n) is 1.62. The first kappa shape index (κ1) is 13.4. The van der Waals surface area contributed by atoms with Crippen LogP contribution >= 0.6 is 0 Å². The summed E-state index contributed by atoms with van der Waals surface area (Å²) in [5, 5.41) is 0. The van der Waals surface area contributed by atoms with E-state index in [-0.39, 0.29) is 11.9 Å². The van der Waals surface area contributed by atoms with E-state index in [0.29, 0.717) is 0 Å². The van der Waals surface area contributed by atoms with Crippen LogP contribution in [0.2, 0.25) is 0 Å². The maximum atomic E-state index is 11.2. The summed E-state index contributed by atoms with van der Waals surface area (Å²) in [5.41, 5.74) is 2.82. The van der Waals surface area contributed by atoms with Crippen LogP contribution in [0.1, 0.15) is 29.8 Å². The van der Waals surface area contributed by atoms with Crippen molar-refractivity contribution in [2.75, 3.05) is 7.11 Å². The van der Waals surface area contributed by atoms with Gasteiger partial charge in [0.05, 0.1) is 6.10 Å². The third-order valence-corrected chi connectivity index (χ3v) is 2.71. The topological polar surface area (TPSA) is 26.3 Å². The van der Waals surface area contributed by atoms with Gasteiger partial charge in [-0.25, -0.2) is 0 Å². The van der Waals surface area contributed by atoms with E-state index in [1.807, 2.05) is 37.3 Å². The molecule has 1 atom stereocenters. The van der Waals surface area contributed by atoms with Gasteiger partial charge in [-0.05, 0) is 25.0 Å². The molecule has 0 N–H and O–H groups in total. The molecular weight excluding hydrogens is 212 g/mol. The first-order chi connectivity index (χ1) is 8.10. The van der Waals surface area contributed by atoms with Crippen molar-refractivity contribution in [3.05, 3.63) is 54.1 Å². The molecule has 0 aliphatic rings. The molecule has 0 saturated heterocycles. The van der Waals surface area contributed by atoms with Crippen LogP contribution in [0, 0.1) is 0 Å². The van der Waals surface area contributed by atoms with Crippen LogP contribution in [0.3, 0.4) is 0 Å². The van der Waals surface area contributed by atoms with E-state index in [2.05, 4.69) is 6.58 Å². The van der Waals surface area contributed by atoms with E-state index in [1.54, 1.807) is 20.1 Å². The second kappa shape index (κ2) is 6.16. The smallest absolute Gasteiger partial charge is 0.159 e. The predicted molar refractivity (Wildman–Crippen MR) is 71.1 cm³/mol. The number of ether oxygens (including phenoxy) is 1. The Morgan fingerprint density at radius 3 is 2.24 bits per heavy atom. The largest absolute Gasteiger partial charge is 0.377 e. The number of Topliss-reactive ketones (excluding diaryl/α,β-unsaturated/α-hetero) is 1. The molecule has 0 aromatic heterocycles. The third kappa shape index (κ3) is 3.40. The summed E-state index contributed by atoms with van der Waals surface area (Å²) in [7, 11) is 1.67. The number of ketones is 1. The molecule has 90 valence electrons. The Bertz CT molecular complexity index is 427. The van der Waals surface area contributed by atoms with Crippen molar-refractivity contribution in [2.24, 2.45) is 0 Å². The van der Waals surface area contributed by atoms with E-state index < -0.39 is 0 Å². The molecule has 1 aromatic rings. The van der Waals surface area contributed by atoms with E-state index in [4.69, 9.17) is 4.74 Å². The van der Waals surface area contributed by atoms with E-state index >= 15 is 0 Å². The number of benzene rings is 1. The van der Waals surface area contributed by atoms with Crippen LogP contribution < -0.4 is 0 Å². The molecular formula is C15H18O2. The Hall–Kier alpha value is -1.67. The Balaban J connectivity index is 3.08. The molecule has 0 fully saturated rings. The molecule has 0 bridgehead atoms. The highest BCUT2D eigenvalue weighted by Crippen LogP contribution is 2.21. The van der Waals surface area contributed by atoms with Gasteiger partial charge in [0.1, 0.15) is 0 Å². The van der Waals surface area contributed by atoms with Crippen molar-refractivity contribution >= 4 is 11.4 Å². The van der Waals surface area contributed by atoms with Crippen molar-refractivity contribution in [2.45, 2.75) is 20.0 Å². The molecule has 0 radical (unpaired) electrons. The summed E-state index contributed by atoms with van der Waals surface area (Å²) in [6.07, 6.45) is 3.66. The summed E-state index contributed by atoms with van der Waals surface area (Å²) in [5.74, 6) is 0.0746. The number of carbonyl (C=O) groups excluding carboxylic acids is 1. The second-order valence-corrected chi connectivity index (χ2v) is 3.87. The minimum atomic E-state index is -0.00354. The molecule has 0 spiro atoms. The predicted octanol–water partition coefficient (Wildman–Crippen LogP) is 3.49. The van der Waals surface area contributed by atoms with Gasteiger partial charge < -0.3 is 4.74 Å². The lowest BCUT2D eigenvalue weighted by atomic mass is 9.99. The first-order valence-corrected chi connectivity index (χ1v) is 5.57. The molecule has 0 aliphatic carbocycles. The second-order valence-electron chi connectivity index (χ2n) is 3.87. The molecule has 2 nitrogen and oxygen atoms in total. The van der Waals surface area contributed by atoms with Gasteiger partial charge in [-0.15, -0.1) is 0 Å². The standard InChI is InChI=1S/C15H18O2/c1-5-6-15(12(3)17-4)14-9-7-13(8-10-14)11(2)16/h5-10,12H,1H2,2-4H3/b15-6+. The number of methoxy groups -OCH3 is 1. The van der Waals surface area contributed by atoms with Crippen molar-refractivity contribution in [1.29, 1.82) is 0 Å². The highest BCUT2D eigenvalue weighted by molar-refractivity contribution is 5.94. The third-order valence-electron chi connectivity index (χ3n) is 2.71. The van der Waals surface area contributed by atoms with Crippen LogP contribution in [0.15, 0.2) is 43.0 Å². The molecule has 0 saturated carbocycles. The summed E-state index contributed by atoms with van der Waals surface area (Å²) >= 11 is 0. The summed E-state index contributed by atoms with van der Waals surface area (Å²) in [4.78, 5) is 11.2. The number of allylic oxidation sites excluding steroid dienone is 2. The van der Waals surface area contributed by atoms with Crippen LogP contribution in [0.4, 0.5) is 0 Å². The summed E-state index contributed by atoms with van der Waals surface area (Å²) < 4.78 is 5.31. The summed E-state index contributed by atoms with van der Waals surface area (Å²) in [6.45, 7) is 7.25. The van der Waals surface area contributed by atoms with Crippen molar-refractivity contribution < 1.29 is 9.53 Å². The Morgan fingerprint density at radius 1 is 1.29 bits per heavy atom. The van der Waals surface area contributed by atoms with E-state index in [9.17, 15) is 4.79 Å². The molecule has 0 amide bonds. The van der Waals surface area contributed by atoms with Crippen molar-refractivity contribution in [3.8, 4) is 0 Å². The van der Waals surface area contributed by atoms with Gasteiger partial charge in [0.2, 0.25) is 0 Å². The quantitative estimate of drug-likeness (QED) is 0.571. The number of carbonyl (C=O) groups is 1. The maximum Gasteiger partial charge on any atom is 0.159 e. The highest BCUT2D eigenvalue weighted by Gasteiger charge is 2.09. The molecule has 2 heteroatoms. The fraction of sp³-hybridized carbons (Fsp3) is 0.267. The van der Waals surface area contributed by atoms with Crippen LogP contribution in [0.25, 0.3) is 5.57 Å². The van der Waals surface area contributed by atoms with Gasteiger partial charge >= 0.3 is 0 Å². The van der Waals surface area contributed by atoms with Gasteiger partial charge in [-0.1, -0.05) is 43.0 Å². The van der Waals surface area contributed by atoms with Crippen LogP contribution in [0.5, 0.6) is 0 Å². The molecule has 0 heterocycles. The number of hydrogen-bond acceptors (Lipinski definition) is 2. The zero-order chi connectivity index (χ0) is 12.8. The Kier molecular flexibility index (Phi) is 4.85. The minimum Gasteiger partial charge on any atom is -0.377 e. The fourth-order valence-corrected chi connectivity index (χ4v) is 1.62. The lowest BCUT2D eigenvalue weighted by Gasteiger charge is -2.14. The lowest BCUT2D eigenvalue weighted by Crippen LogP contribution is -2.07. The zero-order valence-corrected chi connectivity index (χ0v) is 10.6. The zero-order valence-electron chi connectivity index (χ0n) is 10.6. The first-order valence-electron chi connectivity index (χ1n) is 5.57. The van der Waals surface area contributed by atoms with Crippen molar-refractivity contribution in [1.82, 2.24) is 0 Å². The van der Waals surface area contributed by atoms with Gasteiger partial charge in [0.25, 0.3) is 0 Å². The lowest BCUT2D eigenvalue weighted by molar-refractivity contribution is 0.101. The van der Waals surface area contributed by atoms with Gasteiger partial charge in [-0.3, -0.25) is 4.79 Å². The highest BCUT2D eigenvalue weighted by atomic mass is 16.5. The van der Waals surface area contributed by atoms with Gasteiger partial charge in [0, 0.05) is 12.7 Å².